The summed E-state index contributed by atoms with van der Waals surface area (Å²) in [7, 11) is 0. The minimum absolute atomic E-state index is 0.117. The van der Waals surface area contributed by atoms with Crippen molar-refractivity contribution in [2.75, 3.05) is 5.32 Å². The first-order valence-corrected chi connectivity index (χ1v) is 6.67. The van der Waals surface area contributed by atoms with Crippen molar-refractivity contribution in [2.45, 2.75) is 26.8 Å². The molecule has 0 aliphatic heterocycles. The summed E-state index contributed by atoms with van der Waals surface area (Å²) in [6.07, 6.45) is 0.737. The van der Waals surface area contributed by atoms with Crippen molar-refractivity contribution >= 4 is 11.6 Å². The van der Waals surface area contributed by atoms with Crippen LogP contribution >= 0.6 is 0 Å². The third-order valence-electron chi connectivity index (χ3n) is 2.98. The number of halogens is 1. The summed E-state index contributed by atoms with van der Waals surface area (Å²) in [5, 5.41) is 6.61. The Morgan fingerprint density at radius 2 is 2.10 bits per heavy atom. The lowest BCUT2D eigenvalue weighted by molar-refractivity contribution is 0.101. The van der Waals surface area contributed by atoms with Crippen LogP contribution in [0.3, 0.4) is 0 Å². The summed E-state index contributed by atoms with van der Waals surface area (Å²) in [6, 6.07) is 6.81. The first-order valence-electron chi connectivity index (χ1n) is 6.67. The van der Waals surface area contributed by atoms with Crippen LogP contribution in [-0.4, -0.2) is 15.7 Å². The number of nitrogens with zero attached hydrogens (tertiary/aromatic N) is 2. The van der Waals surface area contributed by atoms with E-state index in [9.17, 15) is 14.0 Å². The van der Waals surface area contributed by atoms with E-state index < -0.39 is 11.7 Å². The zero-order valence-corrected chi connectivity index (χ0v) is 11.9. The standard InChI is InChI=1S/C15H16FN3O2/c1-3-8-19-14(20)7-6-12(18-19)15(21)17-13-9-11(16)5-4-10(13)2/h4-7,9H,3,8H2,1-2H3,(H,17,21). The number of aromatic nitrogens is 2. The Hall–Kier alpha value is -2.50. The van der Waals surface area contributed by atoms with Gasteiger partial charge in [0, 0.05) is 18.3 Å². The maximum Gasteiger partial charge on any atom is 0.276 e. The lowest BCUT2D eigenvalue weighted by Gasteiger charge is -2.09. The molecule has 110 valence electrons. The van der Waals surface area contributed by atoms with Crippen LogP contribution in [0, 0.1) is 12.7 Å². The van der Waals surface area contributed by atoms with Gasteiger partial charge in [-0.1, -0.05) is 13.0 Å². The maximum atomic E-state index is 13.2. The molecule has 0 aliphatic carbocycles. The monoisotopic (exact) mass is 289 g/mol. The minimum atomic E-state index is -0.478. The molecule has 2 aromatic rings. The first-order chi connectivity index (χ1) is 10.0. The summed E-state index contributed by atoms with van der Waals surface area (Å²) in [5.41, 5.74) is 0.990. The molecule has 0 atom stereocenters. The zero-order valence-electron chi connectivity index (χ0n) is 11.9. The quantitative estimate of drug-likeness (QED) is 0.939. The number of hydrogen-bond donors (Lipinski definition) is 1. The number of carbonyl (C=O) groups excluding carboxylic acids is 1. The van der Waals surface area contributed by atoms with Crippen LogP contribution in [0.5, 0.6) is 0 Å². The molecule has 0 saturated heterocycles. The Morgan fingerprint density at radius 1 is 1.33 bits per heavy atom. The zero-order chi connectivity index (χ0) is 15.4. The SMILES string of the molecule is CCCn1nc(C(=O)Nc2cc(F)ccc2C)ccc1=O. The highest BCUT2D eigenvalue weighted by molar-refractivity contribution is 6.03. The van der Waals surface area contributed by atoms with Crippen molar-refractivity contribution in [1.29, 1.82) is 0 Å². The van der Waals surface area contributed by atoms with Gasteiger partial charge in [0.1, 0.15) is 11.5 Å². The minimum Gasteiger partial charge on any atom is -0.320 e. The molecule has 0 unspecified atom stereocenters. The molecule has 1 amide bonds. The molecule has 2 rings (SSSR count). The molecular weight excluding hydrogens is 273 g/mol. The van der Waals surface area contributed by atoms with Gasteiger partial charge in [-0.2, -0.15) is 5.10 Å². The van der Waals surface area contributed by atoms with E-state index in [2.05, 4.69) is 10.4 Å². The van der Waals surface area contributed by atoms with Crippen LogP contribution in [0.2, 0.25) is 0 Å². The van der Waals surface area contributed by atoms with Crippen molar-refractivity contribution in [3.63, 3.8) is 0 Å². The van der Waals surface area contributed by atoms with Gasteiger partial charge in [-0.15, -0.1) is 0 Å². The third kappa shape index (κ3) is 3.53. The number of nitrogens with one attached hydrogen (secondary N) is 1. The second-order valence-electron chi connectivity index (χ2n) is 4.69. The average Bonchev–Trinajstić information content (AvgIpc) is 2.45. The molecule has 6 heteroatoms. The van der Waals surface area contributed by atoms with Gasteiger partial charge in [-0.05, 0) is 37.1 Å². The molecule has 1 heterocycles. The van der Waals surface area contributed by atoms with Crippen molar-refractivity contribution in [3.05, 3.63) is 57.8 Å². The average molecular weight is 289 g/mol. The number of amides is 1. The molecule has 0 spiro atoms. The second-order valence-corrected chi connectivity index (χ2v) is 4.69. The van der Waals surface area contributed by atoms with Gasteiger partial charge in [0.25, 0.3) is 11.5 Å². The Labute approximate surface area is 121 Å². The fraction of sp³-hybridized carbons (Fsp3) is 0.267. The fourth-order valence-electron chi connectivity index (χ4n) is 1.86. The smallest absolute Gasteiger partial charge is 0.276 e. The normalized spacial score (nSPS) is 10.4. The van der Waals surface area contributed by atoms with E-state index in [0.717, 1.165) is 12.0 Å². The van der Waals surface area contributed by atoms with Gasteiger partial charge in [-0.3, -0.25) is 9.59 Å². The largest absolute Gasteiger partial charge is 0.320 e. The number of rotatable bonds is 4. The lowest BCUT2D eigenvalue weighted by atomic mass is 10.2. The van der Waals surface area contributed by atoms with Crippen LogP contribution in [0.1, 0.15) is 29.4 Å². The van der Waals surface area contributed by atoms with Gasteiger partial charge < -0.3 is 5.32 Å². The topological polar surface area (TPSA) is 64.0 Å². The van der Waals surface area contributed by atoms with E-state index in [1.54, 1.807) is 13.0 Å². The molecular formula is C15H16FN3O2. The number of aryl methyl sites for hydroxylation is 2. The van der Waals surface area contributed by atoms with E-state index in [1.165, 1.54) is 28.9 Å². The number of hydrogen-bond acceptors (Lipinski definition) is 3. The van der Waals surface area contributed by atoms with Crippen molar-refractivity contribution in [1.82, 2.24) is 9.78 Å². The summed E-state index contributed by atoms with van der Waals surface area (Å²) in [5.74, 6) is -0.909. The van der Waals surface area contributed by atoms with Crippen molar-refractivity contribution < 1.29 is 9.18 Å². The van der Waals surface area contributed by atoms with Crippen LogP contribution in [-0.2, 0) is 6.54 Å². The first kappa shape index (κ1) is 14.9. The highest BCUT2D eigenvalue weighted by Crippen LogP contribution is 2.16. The Bertz CT molecular complexity index is 725. The highest BCUT2D eigenvalue weighted by atomic mass is 19.1. The molecule has 0 aliphatic rings. The summed E-state index contributed by atoms with van der Waals surface area (Å²) >= 11 is 0. The Kier molecular flexibility index (Phi) is 4.47. The molecule has 1 N–H and O–H groups in total. The highest BCUT2D eigenvalue weighted by Gasteiger charge is 2.11. The van der Waals surface area contributed by atoms with Crippen molar-refractivity contribution in [2.24, 2.45) is 0 Å². The van der Waals surface area contributed by atoms with Crippen molar-refractivity contribution in [3.8, 4) is 0 Å². The van der Waals surface area contributed by atoms with Crippen LogP contribution < -0.4 is 10.9 Å². The van der Waals surface area contributed by atoms with Gasteiger partial charge in [-0.25, -0.2) is 9.07 Å². The van der Waals surface area contributed by atoms with E-state index in [4.69, 9.17) is 0 Å². The van der Waals surface area contributed by atoms with E-state index in [-0.39, 0.29) is 11.3 Å². The number of carbonyl (C=O) groups is 1. The second kappa shape index (κ2) is 6.30. The molecule has 1 aromatic carbocycles. The number of benzene rings is 1. The Morgan fingerprint density at radius 3 is 2.81 bits per heavy atom. The summed E-state index contributed by atoms with van der Waals surface area (Å²) in [6.45, 7) is 4.12. The maximum absolute atomic E-state index is 13.2. The molecule has 5 nitrogen and oxygen atoms in total. The predicted molar refractivity (Wildman–Crippen MR) is 77.9 cm³/mol. The molecule has 0 saturated carbocycles. The van der Waals surface area contributed by atoms with E-state index >= 15 is 0 Å². The van der Waals surface area contributed by atoms with E-state index in [1.807, 2.05) is 6.92 Å². The van der Waals surface area contributed by atoms with Gasteiger partial charge in [0.2, 0.25) is 0 Å². The Balaban J connectivity index is 2.26. The molecule has 1 aromatic heterocycles. The number of anilines is 1. The molecule has 0 fully saturated rings. The van der Waals surface area contributed by atoms with Gasteiger partial charge >= 0.3 is 0 Å². The molecule has 0 radical (unpaired) electrons. The summed E-state index contributed by atoms with van der Waals surface area (Å²) in [4.78, 5) is 23.7. The fourth-order valence-corrected chi connectivity index (χ4v) is 1.86. The van der Waals surface area contributed by atoms with Gasteiger partial charge in [0.15, 0.2) is 0 Å². The van der Waals surface area contributed by atoms with Crippen LogP contribution in [0.25, 0.3) is 0 Å². The van der Waals surface area contributed by atoms with Crippen LogP contribution in [0.15, 0.2) is 35.1 Å². The van der Waals surface area contributed by atoms with Crippen LogP contribution in [0.4, 0.5) is 10.1 Å². The lowest BCUT2D eigenvalue weighted by Crippen LogP contribution is -2.26. The molecule has 21 heavy (non-hydrogen) atoms. The third-order valence-corrected chi connectivity index (χ3v) is 2.98. The van der Waals surface area contributed by atoms with E-state index in [0.29, 0.717) is 12.2 Å². The van der Waals surface area contributed by atoms with Gasteiger partial charge in [0.05, 0.1) is 0 Å². The summed E-state index contributed by atoms with van der Waals surface area (Å²) < 4.78 is 14.4. The molecule has 0 bridgehead atoms. The predicted octanol–water partition coefficient (Wildman–Crippen LogP) is 2.35.